The van der Waals surface area contributed by atoms with E-state index in [0.29, 0.717) is 0 Å². The van der Waals surface area contributed by atoms with Crippen molar-refractivity contribution in [2.24, 2.45) is 0 Å². The lowest BCUT2D eigenvalue weighted by molar-refractivity contribution is 0.251. The van der Waals surface area contributed by atoms with Crippen molar-refractivity contribution in [1.29, 1.82) is 0 Å². The van der Waals surface area contributed by atoms with E-state index in [1.54, 1.807) is 0 Å². The molecule has 3 nitrogen and oxygen atoms in total. The lowest BCUT2D eigenvalue weighted by atomic mass is 10.9. The summed E-state index contributed by atoms with van der Waals surface area (Å²) in [5, 5.41) is 0. The van der Waals surface area contributed by atoms with Crippen molar-refractivity contribution >= 4 is 27.1 Å². The second-order valence-electron chi connectivity index (χ2n) is 3.63. The van der Waals surface area contributed by atoms with Gasteiger partial charge in [0.25, 0.3) is 0 Å². The third kappa shape index (κ3) is 2.37. The quantitative estimate of drug-likeness (QED) is 0.716. The first-order valence-corrected chi connectivity index (χ1v) is 10.7. The first kappa shape index (κ1) is 12.6. The molecule has 2 radical (unpaired) electrons. The van der Waals surface area contributed by atoms with Crippen LogP contribution in [0, 0.1) is 0 Å². The molecule has 1 aliphatic rings. The van der Waals surface area contributed by atoms with Crippen LogP contribution >= 0.6 is 0 Å². The summed E-state index contributed by atoms with van der Waals surface area (Å²) in [5.41, 5.74) is 0. The van der Waals surface area contributed by atoms with Crippen molar-refractivity contribution in [1.82, 2.24) is 0 Å². The summed E-state index contributed by atoms with van der Waals surface area (Å²) in [6.07, 6.45) is 0. The summed E-state index contributed by atoms with van der Waals surface area (Å²) in [5.74, 6) is 0. The Morgan fingerprint density at radius 1 is 0.786 bits per heavy atom. The Hall–Kier alpha value is 0.531. The molecule has 1 fully saturated rings. The summed E-state index contributed by atoms with van der Waals surface area (Å²) in [4.78, 5) is 0. The molecule has 0 unspecified atom stereocenters. The van der Waals surface area contributed by atoms with Crippen molar-refractivity contribution < 1.29 is 12.3 Å². The maximum Gasteiger partial charge on any atom is 0.413 e. The van der Waals surface area contributed by atoms with Gasteiger partial charge in [-0.2, -0.15) is 0 Å². The summed E-state index contributed by atoms with van der Waals surface area (Å²) < 4.78 is 17.9. The smallest absolute Gasteiger partial charge is 0.413 e. The molecule has 1 saturated heterocycles. The molecule has 82 valence electrons. The predicted molar refractivity (Wildman–Crippen MR) is 62.4 cm³/mol. The van der Waals surface area contributed by atoms with Gasteiger partial charge in [-0.25, -0.2) is 0 Å². The Labute approximate surface area is 91.7 Å². The molecule has 1 heterocycles. The van der Waals surface area contributed by atoms with E-state index < -0.39 is 17.1 Å². The molecule has 0 amide bonds. The molecule has 14 heavy (non-hydrogen) atoms. The zero-order chi connectivity index (χ0) is 10.7. The predicted octanol–water partition coefficient (Wildman–Crippen LogP) is 2.55. The highest BCUT2D eigenvalue weighted by atomic mass is 28.5. The van der Waals surface area contributed by atoms with Gasteiger partial charge in [-0.3, -0.25) is 0 Å². The van der Waals surface area contributed by atoms with E-state index in [0.717, 1.165) is 24.2 Å². The van der Waals surface area contributed by atoms with Crippen LogP contribution in [0.2, 0.25) is 24.2 Å². The fourth-order valence-electron chi connectivity index (χ4n) is 1.63. The third-order valence-corrected chi connectivity index (χ3v) is 13.9. The minimum absolute atomic E-state index is 0.230. The molecule has 0 aromatic rings. The van der Waals surface area contributed by atoms with Gasteiger partial charge in [-0.05, 0) is 24.2 Å². The molecular formula is C8H20O3Si3. The molecule has 0 aromatic heterocycles. The summed E-state index contributed by atoms with van der Waals surface area (Å²) in [7, 11) is -3.49. The van der Waals surface area contributed by atoms with Crippen LogP contribution < -0.4 is 0 Å². The van der Waals surface area contributed by atoms with Crippen LogP contribution in [0.25, 0.3) is 0 Å². The fraction of sp³-hybridized carbons (Fsp3) is 1.00. The standard InChI is InChI=1S/C8H20O3Si3/c1-5-13(6-2)9-12-10-14(7-3,8-4)11-13/h5-8H2,1-4H3. The van der Waals surface area contributed by atoms with E-state index in [1.165, 1.54) is 0 Å². The average molecular weight is 249 g/mol. The maximum absolute atomic E-state index is 6.30. The molecule has 0 spiro atoms. The van der Waals surface area contributed by atoms with E-state index in [2.05, 4.69) is 27.7 Å². The minimum Gasteiger partial charge on any atom is -0.415 e. The van der Waals surface area contributed by atoms with E-state index in [-0.39, 0.29) is 10.0 Å². The van der Waals surface area contributed by atoms with Crippen LogP contribution in [0.3, 0.4) is 0 Å². The number of hydrogen-bond donors (Lipinski definition) is 0. The Morgan fingerprint density at radius 2 is 1.14 bits per heavy atom. The van der Waals surface area contributed by atoms with Gasteiger partial charge in [0, 0.05) is 0 Å². The molecule has 1 rings (SSSR count). The van der Waals surface area contributed by atoms with Gasteiger partial charge >= 0.3 is 27.1 Å². The van der Waals surface area contributed by atoms with E-state index in [1.807, 2.05) is 0 Å². The molecule has 0 atom stereocenters. The summed E-state index contributed by atoms with van der Waals surface area (Å²) >= 11 is 0. The zero-order valence-corrected chi connectivity index (χ0v) is 12.6. The van der Waals surface area contributed by atoms with Crippen molar-refractivity contribution in [2.75, 3.05) is 0 Å². The Bertz CT molecular complexity index is 163. The van der Waals surface area contributed by atoms with Crippen molar-refractivity contribution in [3.8, 4) is 0 Å². The van der Waals surface area contributed by atoms with Crippen molar-refractivity contribution in [3.63, 3.8) is 0 Å². The van der Waals surface area contributed by atoms with Gasteiger partial charge in [0.05, 0.1) is 0 Å². The lowest BCUT2D eigenvalue weighted by Gasteiger charge is -2.43. The summed E-state index contributed by atoms with van der Waals surface area (Å²) in [6, 6.07) is 4.20. The van der Waals surface area contributed by atoms with Crippen LogP contribution in [-0.4, -0.2) is 27.1 Å². The largest absolute Gasteiger partial charge is 0.415 e. The van der Waals surface area contributed by atoms with Crippen LogP contribution in [0.1, 0.15) is 27.7 Å². The van der Waals surface area contributed by atoms with Gasteiger partial charge in [0.2, 0.25) is 0 Å². The van der Waals surface area contributed by atoms with Crippen molar-refractivity contribution in [2.45, 2.75) is 51.9 Å². The summed E-state index contributed by atoms with van der Waals surface area (Å²) in [6.45, 7) is 8.71. The Balaban J connectivity index is 2.75. The number of rotatable bonds is 4. The van der Waals surface area contributed by atoms with Gasteiger partial charge < -0.3 is 12.3 Å². The normalized spacial score (nSPS) is 24.9. The van der Waals surface area contributed by atoms with Crippen LogP contribution in [0.5, 0.6) is 0 Å². The average Bonchev–Trinajstić information content (AvgIpc) is 2.29. The first-order valence-electron chi connectivity index (χ1n) is 5.47. The SMILES string of the molecule is CC[Si]1(CC)O[Si]O[Si](CC)(CC)O1. The Kier molecular flexibility index (Phi) is 4.54. The van der Waals surface area contributed by atoms with E-state index >= 15 is 0 Å². The molecular weight excluding hydrogens is 228 g/mol. The second-order valence-corrected chi connectivity index (χ2v) is 12.7. The highest BCUT2D eigenvalue weighted by molar-refractivity contribution is 6.87. The molecule has 0 N–H and O–H groups in total. The molecule has 0 aromatic carbocycles. The molecule has 6 heteroatoms. The van der Waals surface area contributed by atoms with Crippen LogP contribution in [0.4, 0.5) is 0 Å². The highest BCUT2D eigenvalue weighted by Crippen LogP contribution is 2.31. The highest BCUT2D eigenvalue weighted by Gasteiger charge is 2.49. The topological polar surface area (TPSA) is 27.7 Å². The Morgan fingerprint density at radius 3 is 1.43 bits per heavy atom. The molecule has 0 saturated carbocycles. The molecule has 0 aliphatic carbocycles. The van der Waals surface area contributed by atoms with Crippen molar-refractivity contribution in [3.05, 3.63) is 0 Å². The number of hydrogen-bond acceptors (Lipinski definition) is 3. The van der Waals surface area contributed by atoms with Gasteiger partial charge in [-0.1, -0.05) is 27.7 Å². The van der Waals surface area contributed by atoms with E-state index in [9.17, 15) is 0 Å². The van der Waals surface area contributed by atoms with Crippen LogP contribution in [-0.2, 0) is 12.3 Å². The fourth-order valence-corrected chi connectivity index (χ4v) is 12.8. The lowest BCUT2D eigenvalue weighted by Crippen LogP contribution is -2.60. The van der Waals surface area contributed by atoms with Crippen LogP contribution in [0.15, 0.2) is 0 Å². The minimum atomic E-state index is -1.86. The first-order chi connectivity index (χ1) is 6.66. The van der Waals surface area contributed by atoms with Gasteiger partial charge in [0.1, 0.15) is 0 Å². The van der Waals surface area contributed by atoms with Gasteiger partial charge in [-0.15, -0.1) is 0 Å². The zero-order valence-electron chi connectivity index (χ0n) is 9.55. The van der Waals surface area contributed by atoms with E-state index in [4.69, 9.17) is 12.3 Å². The van der Waals surface area contributed by atoms with Gasteiger partial charge in [0.15, 0.2) is 0 Å². The monoisotopic (exact) mass is 248 g/mol. The molecule has 0 bridgehead atoms. The maximum atomic E-state index is 6.30. The molecule has 1 aliphatic heterocycles. The third-order valence-electron chi connectivity index (χ3n) is 2.98. The second kappa shape index (κ2) is 5.04.